The molecule has 0 unspecified atom stereocenters. The van der Waals surface area contributed by atoms with Gasteiger partial charge in [-0.3, -0.25) is 4.79 Å². The molecule has 1 saturated heterocycles. The van der Waals surface area contributed by atoms with Gasteiger partial charge in [0.2, 0.25) is 15.8 Å². The van der Waals surface area contributed by atoms with E-state index in [-0.39, 0.29) is 16.2 Å². The van der Waals surface area contributed by atoms with Gasteiger partial charge in [-0.2, -0.15) is 4.31 Å². The van der Waals surface area contributed by atoms with Crippen molar-refractivity contribution in [1.82, 2.24) is 4.31 Å². The lowest BCUT2D eigenvalue weighted by Gasteiger charge is -2.15. The fraction of sp³-hybridized carbons (Fsp3) is 0.217. The molecule has 1 aromatic heterocycles. The quantitative estimate of drug-likeness (QED) is 0.411. The number of carbonyl (C=O) groups is 2. The molecule has 3 aromatic rings. The molecule has 4 rings (SSSR count). The number of ketones is 1. The second-order valence-electron chi connectivity index (χ2n) is 7.16. The molecular formula is C23H21NO6S. The largest absolute Gasteiger partial charge is 0.457 e. The van der Waals surface area contributed by atoms with Crippen LogP contribution in [0.3, 0.4) is 0 Å². The number of esters is 1. The summed E-state index contributed by atoms with van der Waals surface area (Å²) in [5, 5.41) is 0. The highest BCUT2D eigenvalue weighted by Crippen LogP contribution is 2.25. The monoisotopic (exact) mass is 439 g/mol. The smallest absolute Gasteiger partial charge is 0.375 e. The Morgan fingerprint density at radius 3 is 2.29 bits per heavy atom. The van der Waals surface area contributed by atoms with Gasteiger partial charge >= 0.3 is 5.97 Å². The van der Waals surface area contributed by atoms with Gasteiger partial charge in [-0.1, -0.05) is 30.3 Å². The second kappa shape index (κ2) is 8.87. The zero-order valence-electron chi connectivity index (χ0n) is 16.7. The van der Waals surface area contributed by atoms with E-state index < -0.39 is 28.4 Å². The molecule has 0 saturated carbocycles. The van der Waals surface area contributed by atoms with Crippen LogP contribution in [0.2, 0.25) is 0 Å². The molecule has 7 nitrogen and oxygen atoms in total. The van der Waals surface area contributed by atoms with E-state index in [1.165, 1.54) is 34.8 Å². The van der Waals surface area contributed by atoms with Gasteiger partial charge in [0.15, 0.2) is 12.4 Å². The van der Waals surface area contributed by atoms with Gasteiger partial charge < -0.3 is 9.15 Å². The molecule has 2 heterocycles. The van der Waals surface area contributed by atoms with Crippen molar-refractivity contribution in [2.75, 3.05) is 19.7 Å². The Labute approximate surface area is 180 Å². The van der Waals surface area contributed by atoms with Gasteiger partial charge in [0.05, 0.1) is 11.2 Å². The summed E-state index contributed by atoms with van der Waals surface area (Å²) in [4.78, 5) is 25.0. The van der Waals surface area contributed by atoms with Crippen LogP contribution in [-0.4, -0.2) is 44.2 Å². The minimum atomic E-state index is -3.54. The highest BCUT2D eigenvalue weighted by molar-refractivity contribution is 7.89. The predicted molar refractivity (Wildman–Crippen MR) is 113 cm³/mol. The average molecular weight is 439 g/mol. The number of rotatable bonds is 7. The first-order valence-corrected chi connectivity index (χ1v) is 11.3. The molecule has 0 spiro atoms. The zero-order valence-corrected chi connectivity index (χ0v) is 17.5. The van der Waals surface area contributed by atoms with Crippen molar-refractivity contribution < 1.29 is 27.2 Å². The minimum Gasteiger partial charge on any atom is -0.457 e. The molecule has 1 aliphatic rings. The molecule has 0 bridgehead atoms. The Bertz CT molecular complexity index is 1180. The van der Waals surface area contributed by atoms with E-state index in [1.807, 2.05) is 30.3 Å². The lowest BCUT2D eigenvalue weighted by molar-refractivity contribution is 0.0445. The molecule has 0 atom stereocenters. The van der Waals surface area contributed by atoms with Gasteiger partial charge in [0.1, 0.15) is 0 Å². The predicted octanol–water partition coefficient (Wildman–Crippen LogP) is 3.77. The molecule has 0 amide bonds. The van der Waals surface area contributed by atoms with Gasteiger partial charge in [0.25, 0.3) is 0 Å². The molecule has 31 heavy (non-hydrogen) atoms. The van der Waals surface area contributed by atoms with Crippen LogP contribution in [0.1, 0.15) is 33.8 Å². The summed E-state index contributed by atoms with van der Waals surface area (Å²) >= 11 is 0. The SMILES string of the molecule is O=C(COC(=O)c1occc1-c1ccccc1)c1ccc(S(=O)(=O)N2CCCC2)cc1. The second-order valence-corrected chi connectivity index (χ2v) is 9.10. The van der Waals surface area contributed by atoms with Gasteiger partial charge in [-0.25, -0.2) is 13.2 Å². The van der Waals surface area contributed by atoms with Crippen molar-refractivity contribution in [3.05, 3.63) is 78.3 Å². The molecule has 160 valence electrons. The van der Waals surface area contributed by atoms with E-state index in [4.69, 9.17) is 9.15 Å². The molecule has 1 fully saturated rings. The third-order valence-electron chi connectivity index (χ3n) is 5.15. The van der Waals surface area contributed by atoms with Crippen LogP contribution in [0.5, 0.6) is 0 Å². The average Bonchev–Trinajstić information content (AvgIpc) is 3.51. The summed E-state index contributed by atoms with van der Waals surface area (Å²) in [7, 11) is -3.54. The molecule has 1 aliphatic heterocycles. The van der Waals surface area contributed by atoms with E-state index in [2.05, 4.69) is 0 Å². The van der Waals surface area contributed by atoms with Crippen molar-refractivity contribution in [2.45, 2.75) is 17.7 Å². The maximum atomic E-state index is 12.6. The van der Waals surface area contributed by atoms with E-state index in [0.29, 0.717) is 18.7 Å². The number of benzene rings is 2. The van der Waals surface area contributed by atoms with E-state index >= 15 is 0 Å². The van der Waals surface area contributed by atoms with Crippen LogP contribution >= 0.6 is 0 Å². The van der Waals surface area contributed by atoms with Crippen LogP contribution in [-0.2, 0) is 14.8 Å². The third kappa shape index (κ3) is 4.45. The number of sulfonamides is 1. The summed E-state index contributed by atoms with van der Waals surface area (Å²) < 4.78 is 37.0. The van der Waals surface area contributed by atoms with Gasteiger partial charge in [0, 0.05) is 24.2 Å². The van der Waals surface area contributed by atoms with Crippen LogP contribution in [0.4, 0.5) is 0 Å². The van der Waals surface area contributed by atoms with Crippen molar-refractivity contribution in [1.29, 1.82) is 0 Å². The van der Waals surface area contributed by atoms with E-state index in [9.17, 15) is 18.0 Å². The van der Waals surface area contributed by atoms with Crippen molar-refractivity contribution in [3.63, 3.8) is 0 Å². The topological polar surface area (TPSA) is 93.9 Å². The van der Waals surface area contributed by atoms with Crippen LogP contribution in [0, 0.1) is 0 Å². The van der Waals surface area contributed by atoms with E-state index in [1.54, 1.807) is 6.07 Å². The number of nitrogens with zero attached hydrogens (tertiary/aromatic N) is 1. The lowest BCUT2D eigenvalue weighted by atomic mass is 10.1. The van der Waals surface area contributed by atoms with Crippen LogP contribution in [0.25, 0.3) is 11.1 Å². The van der Waals surface area contributed by atoms with Crippen LogP contribution in [0.15, 0.2) is 76.2 Å². The molecular weight excluding hydrogens is 418 g/mol. The Balaban J connectivity index is 1.40. The number of carbonyl (C=O) groups excluding carboxylic acids is 2. The molecule has 8 heteroatoms. The Morgan fingerprint density at radius 1 is 0.935 bits per heavy atom. The summed E-state index contributed by atoms with van der Waals surface area (Å²) in [6.07, 6.45) is 3.09. The van der Waals surface area contributed by atoms with Crippen molar-refractivity contribution in [3.8, 4) is 11.1 Å². The summed E-state index contributed by atoms with van der Waals surface area (Å²) in [6, 6.07) is 16.6. The number of Topliss-reactive ketones (excluding diaryl/α,β-unsaturated/α-hetero) is 1. The Kier molecular flexibility index (Phi) is 6.01. The Hall–Kier alpha value is -3.23. The van der Waals surface area contributed by atoms with Crippen molar-refractivity contribution >= 4 is 21.8 Å². The Morgan fingerprint density at radius 2 is 1.61 bits per heavy atom. The maximum absolute atomic E-state index is 12.6. The number of hydrogen-bond donors (Lipinski definition) is 0. The molecule has 0 N–H and O–H groups in total. The highest BCUT2D eigenvalue weighted by atomic mass is 32.2. The molecule has 0 aliphatic carbocycles. The maximum Gasteiger partial charge on any atom is 0.375 e. The molecule has 0 radical (unpaired) electrons. The van der Waals surface area contributed by atoms with Gasteiger partial charge in [-0.15, -0.1) is 0 Å². The fourth-order valence-electron chi connectivity index (χ4n) is 3.48. The van der Waals surface area contributed by atoms with E-state index in [0.717, 1.165) is 18.4 Å². The number of hydrogen-bond acceptors (Lipinski definition) is 6. The first kappa shape index (κ1) is 21.0. The first-order chi connectivity index (χ1) is 15.0. The normalized spacial score (nSPS) is 14.5. The fourth-order valence-corrected chi connectivity index (χ4v) is 5.00. The standard InChI is InChI=1S/C23H21NO6S/c25-21(18-8-10-19(11-9-18)31(27,28)24-13-4-5-14-24)16-30-23(26)22-20(12-15-29-22)17-6-2-1-3-7-17/h1-3,6-12,15H,4-5,13-14,16H2. The summed E-state index contributed by atoms with van der Waals surface area (Å²) in [6.45, 7) is 0.541. The number of furan rings is 1. The third-order valence-corrected chi connectivity index (χ3v) is 7.06. The summed E-state index contributed by atoms with van der Waals surface area (Å²) in [5.74, 6) is -1.16. The molecule has 2 aromatic carbocycles. The minimum absolute atomic E-state index is 0.0195. The first-order valence-electron chi connectivity index (χ1n) is 9.90. The van der Waals surface area contributed by atoms with Gasteiger partial charge in [-0.05, 0) is 48.7 Å². The lowest BCUT2D eigenvalue weighted by Crippen LogP contribution is -2.27. The number of ether oxygens (including phenoxy) is 1. The zero-order chi connectivity index (χ0) is 21.8. The van der Waals surface area contributed by atoms with Crippen LogP contribution < -0.4 is 0 Å². The summed E-state index contributed by atoms with van der Waals surface area (Å²) in [5.41, 5.74) is 1.63. The highest BCUT2D eigenvalue weighted by Gasteiger charge is 2.27. The van der Waals surface area contributed by atoms with Crippen molar-refractivity contribution in [2.24, 2.45) is 0 Å².